The van der Waals surface area contributed by atoms with Crippen molar-refractivity contribution in [1.29, 1.82) is 0 Å². The Bertz CT molecular complexity index is 119. The molecule has 1 fully saturated rings. The summed E-state index contributed by atoms with van der Waals surface area (Å²) in [6.07, 6.45) is 1.16. The molecule has 58 valence electrons. The molecular formula is C7H14N2O. The highest BCUT2D eigenvalue weighted by Gasteiger charge is 2.09. The largest absolute Gasteiger partial charge is 0.304 e. The van der Waals surface area contributed by atoms with Gasteiger partial charge in [-0.3, -0.25) is 9.69 Å². The van der Waals surface area contributed by atoms with E-state index in [0.29, 0.717) is 6.54 Å². The minimum absolute atomic E-state index is 0.253. The molecule has 1 heterocycles. The molecule has 10 heavy (non-hydrogen) atoms. The summed E-state index contributed by atoms with van der Waals surface area (Å²) in [5.74, 6) is 0.253. The van der Waals surface area contributed by atoms with Crippen molar-refractivity contribution in [2.75, 3.05) is 26.3 Å². The summed E-state index contributed by atoms with van der Waals surface area (Å²) in [4.78, 5) is 12.8. The standard InChI is InChI=1S/C7H14N2O/c1-7(10)5-9-4-2-3-8-6-9/h8H,2-6H2,1H3. The van der Waals surface area contributed by atoms with Gasteiger partial charge in [-0.25, -0.2) is 0 Å². The molecule has 1 N–H and O–H groups in total. The number of nitrogens with zero attached hydrogens (tertiary/aromatic N) is 1. The molecule has 0 atom stereocenters. The van der Waals surface area contributed by atoms with E-state index in [0.717, 1.165) is 26.2 Å². The molecule has 1 aliphatic rings. The van der Waals surface area contributed by atoms with Crippen molar-refractivity contribution >= 4 is 5.78 Å². The van der Waals surface area contributed by atoms with Crippen LogP contribution >= 0.6 is 0 Å². The molecule has 0 aromatic rings. The Morgan fingerprint density at radius 3 is 3.00 bits per heavy atom. The summed E-state index contributed by atoms with van der Waals surface area (Å²) < 4.78 is 0. The molecule has 0 saturated carbocycles. The van der Waals surface area contributed by atoms with Gasteiger partial charge in [-0.15, -0.1) is 0 Å². The van der Waals surface area contributed by atoms with Gasteiger partial charge in [-0.05, 0) is 19.9 Å². The summed E-state index contributed by atoms with van der Waals surface area (Å²) in [6, 6.07) is 0. The van der Waals surface area contributed by atoms with Crippen LogP contribution in [-0.4, -0.2) is 37.0 Å². The first-order chi connectivity index (χ1) is 4.79. The van der Waals surface area contributed by atoms with Gasteiger partial charge in [0.05, 0.1) is 6.54 Å². The lowest BCUT2D eigenvalue weighted by molar-refractivity contribution is -0.118. The van der Waals surface area contributed by atoms with Crippen LogP contribution in [0.15, 0.2) is 0 Å². The third-order valence-corrected chi connectivity index (χ3v) is 1.61. The smallest absolute Gasteiger partial charge is 0.143 e. The summed E-state index contributed by atoms with van der Waals surface area (Å²) in [5, 5.41) is 3.21. The van der Waals surface area contributed by atoms with Crippen LogP contribution in [0.2, 0.25) is 0 Å². The highest BCUT2D eigenvalue weighted by Crippen LogP contribution is 1.94. The van der Waals surface area contributed by atoms with E-state index in [2.05, 4.69) is 10.2 Å². The molecule has 0 bridgehead atoms. The van der Waals surface area contributed by atoms with Crippen LogP contribution in [0.4, 0.5) is 0 Å². The fourth-order valence-corrected chi connectivity index (χ4v) is 1.19. The first-order valence-corrected chi connectivity index (χ1v) is 3.71. The monoisotopic (exact) mass is 142 g/mol. The first kappa shape index (κ1) is 7.69. The second-order valence-electron chi connectivity index (χ2n) is 2.77. The van der Waals surface area contributed by atoms with Gasteiger partial charge in [0.1, 0.15) is 5.78 Å². The summed E-state index contributed by atoms with van der Waals surface area (Å²) in [5.41, 5.74) is 0. The van der Waals surface area contributed by atoms with E-state index in [4.69, 9.17) is 0 Å². The Labute approximate surface area is 61.4 Å². The van der Waals surface area contributed by atoms with Gasteiger partial charge in [0.15, 0.2) is 0 Å². The molecule has 1 aliphatic heterocycles. The lowest BCUT2D eigenvalue weighted by atomic mass is 10.3. The molecule has 1 saturated heterocycles. The van der Waals surface area contributed by atoms with Crippen molar-refractivity contribution in [3.63, 3.8) is 0 Å². The topological polar surface area (TPSA) is 32.3 Å². The lowest BCUT2D eigenvalue weighted by Gasteiger charge is -2.25. The van der Waals surface area contributed by atoms with Gasteiger partial charge in [0.25, 0.3) is 0 Å². The van der Waals surface area contributed by atoms with Gasteiger partial charge in [0.2, 0.25) is 0 Å². The van der Waals surface area contributed by atoms with Crippen LogP contribution in [0.1, 0.15) is 13.3 Å². The zero-order valence-corrected chi connectivity index (χ0v) is 6.39. The van der Waals surface area contributed by atoms with Gasteiger partial charge in [-0.1, -0.05) is 0 Å². The lowest BCUT2D eigenvalue weighted by Crippen LogP contribution is -2.43. The van der Waals surface area contributed by atoms with Crippen LogP contribution in [0.25, 0.3) is 0 Å². The number of carbonyl (C=O) groups excluding carboxylic acids is 1. The van der Waals surface area contributed by atoms with Crippen molar-refractivity contribution in [2.24, 2.45) is 0 Å². The van der Waals surface area contributed by atoms with Gasteiger partial charge in [0, 0.05) is 13.2 Å². The zero-order valence-electron chi connectivity index (χ0n) is 6.39. The predicted molar refractivity (Wildman–Crippen MR) is 39.7 cm³/mol. The van der Waals surface area contributed by atoms with E-state index < -0.39 is 0 Å². The van der Waals surface area contributed by atoms with Crippen molar-refractivity contribution in [3.8, 4) is 0 Å². The number of carbonyl (C=O) groups is 1. The quantitative estimate of drug-likeness (QED) is 0.581. The molecule has 3 nitrogen and oxygen atoms in total. The van der Waals surface area contributed by atoms with E-state index in [1.807, 2.05) is 0 Å². The first-order valence-electron chi connectivity index (χ1n) is 3.71. The maximum absolute atomic E-state index is 10.6. The average Bonchev–Trinajstić information content (AvgIpc) is 1.88. The third kappa shape index (κ3) is 2.45. The van der Waals surface area contributed by atoms with Crippen LogP contribution in [0, 0.1) is 0 Å². The van der Waals surface area contributed by atoms with Crippen molar-refractivity contribution in [1.82, 2.24) is 10.2 Å². The van der Waals surface area contributed by atoms with Gasteiger partial charge < -0.3 is 5.32 Å². The Kier molecular flexibility index (Phi) is 2.83. The van der Waals surface area contributed by atoms with Crippen molar-refractivity contribution in [2.45, 2.75) is 13.3 Å². The predicted octanol–water partition coefficient (Wildman–Crippen LogP) is -0.172. The number of hydrogen-bond donors (Lipinski definition) is 1. The van der Waals surface area contributed by atoms with Crippen molar-refractivity contribution < 1.29 is 4.79 Å². The molecule has 0 radical (unpaired) electrons. The SMILES string of the molecule is CC(=O)CN1CCCNC1. The highest BCUT2D eigenvalue weighted by atomic mass is 16.1. The van der Waals surface area contributed by atoms with E-state index in [9.17, 15) is 4.79 Å². The molecule has 0 aliphatic carbocycles. The van der Waals surface area contributed by atoms with Crippen LogP contribution < -0.4 is 5.32 Å². The third-order valence-electron chi connectivity index (χ3n) is 1.61. The van der Waals surface area contributed by atoms with Crippen LogP contribution in [-0.2, 0) is 4.79 Å². The summed E-state index contributed by atoms with van der Waals surface area (Å²) in [6.45, 7) is 5.27. The molecule has 0 spiro atoms. The Morgan fingerprint density at radius 1 is 1.70 bits per heavy atom. The van der Waals surface area contributed by atoms with E-state index in [-0.39, 0.29) is 5.78 Å². The van der Waals surface area contributed by atoms with E-state index in [1.165, 1.54) is 0 Å². The molecule has 0 unspecified atom stereocenters. The Balaban J connectivity index is 2.19. The zero-order chi connectivity index (χ0) is 7.40. The van der Waals surface area contributed by atoms with Crippen LogP contribution in [0.3, 0.4) is 0 Å². The number of rotatable bonds is 2. The minimum Gasteiger partial charge on any atom is -0.304 e. The molecule has 0 aromatic heterocycles. The minimum atomic E-state index is 0.253. The maximum atomic E-state index is 10.6. The number of hydrogen-bond acceptors (Lipinski definition) is 3. The van der Waals surface area contributed by atoms with Gasteiger partial charge >= 0.3 is 0 Å². The molecule has 1 rings (SSSR count). The van der Waals surface area contributed by atoms with Crippen LogP contribution in [0.5, 0.6) is 0 Å². The summed E-state index contributed by atoms with van der Waals surface area (Å²) >= 11 is 0. The fraction of sp³-hybridized carbons (Fsp3) is 0.857. The number of Topliss-reactive ketones (excluding diaryl/α,β-unsaturated/α-hetero) is 1. The summed E-state index contributed by atoms with van der Waals surface area (Å²) in [7, 11) is 0. The average molecular weight is 142 g/mol. The molecule has 0 amide bonds. The molecular weight excluding hydrogens is 128 g/mol. The fourth-order valence-electron chi connectivity index (χ4n) is 1.19. The van der Waals surface area contributed by atoms with E-state index >= 15 is 0 Å². The second kappa shape index (κ2) is 3.68. The number of nitrogens with one attached hydrogen (secondary N) is 1. The normalized spacial score (nSPS) is 20.9. The maximum Gasteiger partial charge on any atom is 0.143 e. The Morgan fingerprint density at radius 2 is 2.50 bits per heavy atom. The second-order valence-corrected chi connectivity index (χ2v) is 2.77. The van der Waals surface area contributed by atoms with E-state index in [1.54, 1.807) is 6.92 Å². The molecule has 3 heteroatoms. The molecule has 0 aromatic carbocycles. The number of ketones is 1. The Hall–Kier alpha value is -0.410. The van der Waals surface area contributed by atoms with Crippen molar-refractivity contribution in [3.05, 3.63) is 0 Å². The highest BCUT2D eigenvalue weighted by molar-refractivity contribution is 5.77. The van der Waals surface area contributed by atoms with Gasteiger partial charge in [-0.2, -0.15) is 0 Å².